The highest BCUT2D eigenvalue weighted by molar-refractivity contribution is 7.89. The Kier molecular flexibility index (Phi) is 4.82. The molecule has 1 saturated carbocycles. The Morgan fingerprint density at radius 1 is 1.30 bits per heavy atom. The number of hydrogen-bond acceptors (Lipinski definition) is 4. The van der Waals surface area contributed by atoms with Crippen LogP contribution < -0.4 is 10.0 Å². The smallest absolute Gasteiger partial charge is 0.260 e. The van der Waals surface area contributed by atoms with Gasteiger partial charge in [-0.25, -0.2) is 13.1 Å². The van der Waals surface area contributed by atoms with Crippen molar-refractivity contribution >= 4 is 10.0 Å². The van der Waals surface area contributed by atoms with E-state index in [0.717, 1.165) is 31.4 Å². The molecule has 0 saturated heterocycles. The van der Waals surface area contributed by atoms with Gasteiger partial charge in [0.15, 0.2) is 5.03 Å². The van der Waals surface area contributed by atoms with Crippen LogP contribution in [-0.2, 0) is 16.6 Å². The molecule has 1 heterocycles. The zero-order valence-corrected chi connectivity index (χ0v) is 13.2. The van der Waals surface area contributed by atoms with Crippen LogP contribution in [0.25, 0.3) is 0 Å². The summed E-state index contributed by atoms with van der Waals surface area (Å²) in [6.07, 6.45) is 3.97. The molecule has 20 heavy (non-hydrogen) atoms. The Balaban J connectivity index is 2.14. The van der Waals surface area contributed by atoms with Crippen molar-refractivity contribution < 1.29 is 8.42 Å². The van der Waals surface area contributed by atoms with E-state index in [-0.39, 0.29) is 11.1 Å². The van der Waals surface area contributed by atoms with Crippen molar-refractivity contribution in [3.05, 3.63) is 11.3 Å². The van der Waals surface area contributed by atoms with E-state index in [1.54, 1.807) is 7.05 Å². The summed E-state index contributed by atoms with van der Waals surface area (Å²) < 4.78 is 27.7. The largest absolute Gasteiger partial charge is 0.316 e. The topological polar surface area (TPSA) is 86.9 Å². The van der Waals surface area contributed by atoms with E-state index in [1.165, 1.54) is 0 Å². The fourth-order valence-electron chi connectivity index (χ4n) is 2.69. The average molecular weight is 300 g/mol. The van der Waals surface area contributed by atoms with E-state index < -0.39 is 10.0 Å². The molecule has 1 aromatic rings. The number of nitrogens with one attached hydrogen (secondary N) is 3. The highest BCUT2D eigenvalue weighted by atomic mass is 32.2. The predicted octanol–water partition coefficient (Wildman–Crippen LogP) is 1.29. The van der Waals surface area contributed by atoms with Crippen molar-refractivity contribution in [2.24, 2.45) is 5.92 Å². The SMILES string of the molecule is CNCc1c(S(=O)(=O)NC2CCC(C)CC2)n[nH]c1C. The molecular weight excluding hydrogens is 276 g/mol. The number of rotatable bonds is 5. The van der Waals surface area contributed by atoms with Gasteiger partial charge in [0.2, 0.25) is 0 Å². The Labute approximate surface area is 120 Å². The Morgan fingerprint density at radius 3 is 2.55 bits per heavy atom. The van der Waals surface area contributed by atoms with Crippen LogP contribution in [0, 0.1) is 12.8 Å². The van der Waals surface area contributed by atoms with Crippen LogP contribution in [0.5, 0.6) is 0 Å². The first kappa shape index (κ1) is 15.5. The Bertz CT molecular complexity index is 545. The Morgan fingerprint density at radius 2 is 1.95 bits per heavy atom. The summed E-state index contributed by atoms with van der Waals surface area (Å²) in [6.45, 7) is 4.54. The van der Waals surface area contributed by atoms with Gasteiger partial charge in [0.1, 0.15) is 0 Å². The molecule has 3 N–H and O–H groups in total. The first-order valence-corrected chi connectivity index (χ1v) is 8.63. The van der Waals surface area contributed by atoms with Crippen LogP contribution in [0.15, 0.2) is 5.03 Å². The molecule has 0 aromatic carbocycles. The fourth-order valence-corrected chi connectivity index (χ4v) is 4.19. The van der Waals surface area contributed by atoms with Crippen molar-refractivity contribution in [3.63, 3.8) is 0 Å². The molecule has 0 aliphatic heterocycles. The van der Waals surface area contributed by atoms with Gasteiger partial charge in [-0.3, -0.25) is 5.10 Å². The molecule has 0 unspecified atom stereocenters. The number of nitrogens with zero attached hydrogens (tertiary/aromatic N) is 1. The first-order chi connectivity index (χ1) is 9.44. The zero-order valence-electron chi connectivity index (χ0n) is 12.4. The highest BCUT2D eigenvalue weighted by Crippen LogP contribution is 2.25. The van der Waals surface area contributed by atoms with Crippen molar-refractivity contribution in [2.45, 2.75) is 57.1 Å². The minimum absolute atomic E-state index is 0.0376. The standard InChI is InChI=1S/C13H24N4O2S/c1-9-4-6-11(7-5-9)17-20(18,19)13-12(8-14-3)10(2)15-16-13/h9,11,14,17H,4-8H2,1-3H3,(H,15,16). The van der Waals surface area contributed by atoms with E-state index in [1.807, 2.05) is 6.92 Å². The summed E-state index contributed by atoms with van der Waals surface area (Å²) in [5, 5.41) is 9.84. The predicted molar refractivity (Wildman–Crippen MR) is 77.8 cm³/mol. The van der Waals surface area contributed by atoms with E-state index in [2.05, 4.69) is 27.2 Å². The summed E-state index contributed by atoms with van der Waals surface area (Å²) in [5.74, 6) is 0.697. The van der Waals surface area contributed by atoms with E-state index in [0.29, 0.717) is 18.0 Å². The van der Waals surface area contributed by atoms with Crippen LogP contribution in [0.2, 0.25) is 0 Å². The summed E-state index contributed by atoms with van der Waals surface area (Å²) in [4.78, 5) is 0. The van der Waals surface area contributed by atoms with Gasteiger partial charge in [0.25, 0.3) is 10.0 Å². The third-order valence-corrected chi connectivity index (χ3v) is 5.47. The quantitative estimate of drug-likeness (QED) is 0.765. The summed E-state index contributed by atoms with van der Waals surface area (Å²) in [7, 11) is -1.75. The molecule has 1 aliphatic rings. The molecule has 1 aliphatic carbocycles. The van der Waals surface area contributed by atoms with Gasteiger partial charge in [-0.15, -0.1) is 0 Å². The Hall–Kier alpha value is -0.920. The van der Waals surface area contributed by atoms with Crippen LogP contribution in [0.1, 0.15) is 43.9 Å². The van der Waals surface area contributed by atoms with Gasteiger partial charge in [-0.2, -0.15) is 5.10 Å². The normalized spacial score (nSPS) is 23.9. The number of aromatic amines is 1. The van der Waals surface area contributed by atoms with Crippen LogP contribution in [0.4, 0.5) is 0 Å². The second-order valence-electron chi connectivity index (χ2n) is 5.74. The van der Waals surface area contributed by atoms with Crippen LogP contribution in [0.3, 0.4) is 0 Å². The minimum Gasteiger partial charge on any atom is -0.316 e. The van der Waals surface area contributed by atoms with E-state index in [4.69, 9.17) is 0 Å². The van der Waals surface area contributed by atoms with Gasteiger partial charge >= 0.3 is 0 Å². The summed E-state index contributed by atoms with van der Waals surface area (Å²) in [6, 6.07) is 0.0376. The second kappa shape index (κ2) is 6.24. The molecule has 2 rings (SSSR count). The lowest BCUT2D eigenvalue weighted by molar-refractivity contribution is 0.332. The van der Waals surface area contributed by atoms with Crippen molar-refractivity contribution in [3.8, 4) is 0 Å². The molecule has 0 bridgehead atoms. The number of aryl methyl sites for hydroxylation is 1. The molecule has 0 radical (unpaired) electrons. The van der Waals surface area contributed by atoms with E-state index in [9.17, 15) is 8.42 Å². The summed E-state index contributed by atoms with van der Waals surface area (Å²) >= 11 is 0. The fraction of sp³-hybridized carbons (Fsp3) is 0.769. The summed E-state index contributed by atoms with van der Waals surface area (Å²) in [5.41, 5.74) is 1.50. The maximum atomic E-state index is 12.5. The van der Waals surface area contributed by atoms with Crippen LogP contribution >= 0.6 is 0 Å². The van der Waals surface area contributed by atoms with Crippen molar-refractivity contribution in [1.29, 1.82) is 0 Å². The van der Waals surface area contributed by atoms with Gasteiger partial charge in [0, 0.05) is 23.8 Å². The second-order valence-corrected chi connectivity index (χ2v) is 7.37. The highest BCUT2D eigenvalue weighted by Gasteiger charge is 2.28. The minimum atomic E-state index is -3.54. The number of H-pyrrole nitrogens is 1. The third kappa shape index (κ3) is 3.39. The molecule has 1 fully saturated rings. The zero-order chi connectivity index (χ0) is 14.8. The number of aromatic nitrogens is 2. The molecule has 1 aromatic heterocycles. The van der Waals surface area contributed by atoms with Gasteiger partial charge < -0.3 is 5.32 Å². The molecule has 6 nitrogen and oxygen atoms in total. The molecule has 0 amide bonds. The lowest BCUT2D eigenvalue weighted by atomic mass is 9.88. The average Bonchev–Trinajstić information content (AvgIpc) is 2.75. The van der Waals surface area contributed by atoms with Gasteiger partial charge in [-0.1, -0.05) is 6.92 Å². The first-order valence-electron chi connectivity index (χ1n) is 7.14. The van der Waals surface area contributed by atoms with Crippen LogP contribution in [-0.4, -0.2) is 31.7 Å². The molecule has 0 spiro atoms. The van der Waals surface area contributed by atoms with E-state index >= 15 is 0 Å². The van der Waals surface area contributed by atoms with Crippen molar-refractivity contribution in [1.82, 2.24) is 20.2 Å². The lowest BCUT2D eigenvalue weighted by Crippen LogP contribution is -2.38. The molecular formula is C13H24N4O2S. The molecule has 114 valence electrons. The number of sulfonamides is 1. The van der Waals surface area contributed by atoms with Crippen molar-refractivity contribution in [2.75, 3.05) is 7.05 Å². The monoisotopic (exact) mass is 300 g/mol. The maximum Gasteiger partial charge on any atom is 0.260 e. The molecule has 0 atom stereocenters. The van der Waals surface area contributed by atoms with Gasteiger partial charge in [-0.05, 0) is 45.6 Å². The number of hydrogen-bond donors (Lipinski definition) is 3. The lowest BCUT2D eigenvalue weighted by Gasteiger charge is -2.26. The maximum absolute atomic E-state index is 12.5. The third-order valence-electron chi connectivity index (χ3n) is 3.98. The van der Waals surface area contributed by atoms with Gasteiger partial charge in [0.05, 0.1) is 0 Å². The molecule has 7 heteroatoms.